The first-order chi connectivity index (χ1) is 7.66. The summed E-state index contributed by atoms with van der Waals surface area (Å²) in [6, 6.07) is 0. The van der Waals surface area contributed by atoms with Gasteiger partial charge < -0.3 is 10.1 Å². The van der Waals surface area contributed by atoms with Crippen molar-refractivity contribution in [2.75, 3.05) is 26.8 Å². The summed E-state index contributed by atoms with van der Waals surface area (Å²) in [5.41, 5.74) is 2.20. The van der Waals surface area contributed by atoms with Gasteiger partial charge in [0.1, 0.15) is 5.15 Å². The quantitative estimate of drug-likeness (QED) is 0.741. The fourth-order valence-corrected chi connectivity index (χ4v) is 1.92. The molecule has 0 aliphatic heterocycles. The van der Waals surface area contributed by atoms with Crippen molar-refractivity contribution in [2.45, 2.75) is 19.8 Å². The van der Waals surface area contributed by atoms with Gasteiger partial charge in [-0.1, -0.05) is 11.6 Å². The highest BCUT2D eigenvalue weighted by molar-refractivity contribution is 6.30. The van der Waals surface area contributed by atoms with E-state index in [2.05, 4.69) is 10.4 Å². The molecule has 1 aromatic rings. The van der Waals surface area contributed by atoms with Crippen molar-refractivity contribution in [3.63, 3.8) is 0 Å². The third-order valence-corrected chi connectivity index (χ3v) is 3.01. The van der Waals surface area contributed by atoms with E-state index >= 15 is 0 Å². The third kappa shape index (κ3) is 3.77. The van der Waals surface area contributed by atoms with E-state index in [0.717, 1.165) is 48.9 Å². The van der Waals surface area contributed by atoms with Gasteiger partial charge in [-0.2, -0.15) is 5.10 Å². The summed E-state index contributed by atoms with van der Waals surface area (Å²) < 4.78 is 6.68. The minimum Gasteiger partial charge on any atom is -0.383 e. The van der Waals surface area contributed by atoms with E-state index in [1.165, 1.54) is 0 Å². The molecule has 0 aliphatic carbocycles. The van der Waals surface area contributed by atoms with Crippen LogP contribution in [0.2, 0.25) is 5.15 Å². The molecule has 0 saturated heterocycles. The number of aromatic nitrogens is 2. The molecule has 0 fully saturated rings. The number of rotatable bonds is 7. The first-order valence-electron chi connectivity index (χ1n) is 5.54. The monoisotopic (exact) mass is 245 g/mol. The second-order valence-electron chi connectivity index (χ2n) is 3.82. The fourth-order valence-electron chi connectivity index (χ4n) is 1.65. The topological polar surface area (TPSA) is 39.1 Å². The molecule has 16 heavy (non-hydrogen) atoms. The molecule has 0 aromatic carbocycles. The van der Waals surface area contributed by atoms with E-state index in [1.807, 2.05) is 14.0 Å². The Hall–Kier alpha value is -0.580. The molecule has 5 heteroatoms. The number of methoxy groups -OCH3 is 1. The third-order valence-electron chi connectivity index (χ3n) is 2.53. The van der Waals surface area contributed by atoms with Gasteiger partial charge in [-0.3, -0.25) is 4.68 Å². The highest BCUT2D eigenvalue weighted by Crippen LogP contribution is 2.19. The Bertz CT molecular complexity index is 325. The Kier molecular flexibility index (Phi) is 5.80. The van der Waals surface area contributed by atoms with E-state index in [0.29, 0.717) is 0 Å². The van der Waals surface area contributed by atoms with Crippen LogP contribution in [-0.4, -0.2) is 36.6 Å². The van der Waals surface area contributed by atoms with Crippen molar-refractivity contribution in [1.82, 2.24) is 15.1 Å². The number of halogens is 1. The molecule has 4 nitrogen and oxygen atoms in total. The van der Waals surface area contributed by atoms with Crippen LogP contribution in [-0.2, 0) is 18.2 Å². The van der Waals surface area contributed by atoms with Crippen LogP contribution in [0, 0.1) is 6.92 Å². The van der Waals surface area contributed by atoms with Crippen LogP contribution in [0.3, 0.4) is 0 Å². The summed E-state index contributed by atoms with van der Waals surface area (Å²) in [6.45, 7) is 4.64. The summed E-state index contributed by atoms with van der Waals surface area (Å²) >= 11 is 6.14. The van der Waals surface area contributed by atoms with Gasteiger partial charge in [-0.25, -0.2) is 0 Å². The molecular weight excluding hydrogens is 226 g/mol. The van der Waals surface area contributed by atoms with Crippen molar-refractivity contribution >= 4 is 11.6 Å². The van der Waals surface area contributed by atoms with Gasteiger partial charge in [0.15, 0.2) is 0 Å². The minimum atomic E-state index is 0.757. The lowest BCUT2D eigenvalue weighted by Crippen LogP contribution is -2.20. The summed E-state index contributed by atoms with van der Waals surface area (Å²) in [5.74, 6) is 0. The van der Waals surface area contributed by atoms with Crippen molar-refractivity contribution in [3.05, 3.63) is 16.4 Å². The molecule has 0 radical (unpaired) electrons. The van der Waals surface area contributed by atoms with Crippen molar-refractivity contribution in [3.8, 4) is 0 Å². The maximum atomic E-state index is 6.14. The Balaban J connectivity index is 2.26. The molecule has 0 spiro atoms. The van der Waals surface area contributed by atoms with Crippen molar-refractivity contribution in [1.29, 1.82) is 0 Å². The first-order valence-corrected chi connectivity index (χ1v) is 5.92. The SMILES string of the molecule is COCCNCCCc1c(C)nn(C)c1Cl. The Morgan fingerprint density at radius 1 is 1.44 bits per heavy atom. The highest BCUT2D eigenvalue weighted by Gasteiger charge is 2.09. The molecule has 1 rings (SSSR count). The van der Waals surface area contributed by atoms with Crippen LogP contribution in [0.25, 0.3) is 0 Å². The number of aryl methyl sites for hydroxylation is 2. The second kappa shape index (κ2) is 6.89. The molecule has 1 aromatic heterocycles. The predicted molar refractivity (Wildman–Crippen MR) is 66.0 cm³/mol. The summed E-state index contributed by atoms with van der Waals surface area (Å²) in [6.07, 6.45) is 2.04. The zero-order valence-electron chi connectivity index (χ0n) is 10.2. The average Bonchev–Trinajstić information content (AvgIpc) is 2.49. The van der Waals surface area contributed by atoms with Crippen LogP contribution < -0.4 is 5.32 Å². The summed E-state index contributed by atoms with van der Waals surface area (Å²) in [5, 5.41) is 8.35. The predicted octanol–water partition coefficient (Wildman–Crippen LogP) is 1.55. The molecule has 1 heterocycles. The zero-order chi connectivity index (χ0) is 12.0. The lowest BCUT2D eigenvalue weighted by molar-refractivity contribution is 0.199. The second-order valence-corrected chi connectivity index (χ2v) is 4.18. The molecule has 0 aliphatic rings. The van der Waals surface area contributed by atoms with Gasteiger partial charge in [0.25, 0.3) is 0 Å². The van der Waals surface area contributed by atoms with Crippen molar-refractivity contribution < 1.29 is 4.74 Å². The van der Waals surface area contributed by atoms with Gasteiger partial charge in [0.2, 0.25) is 0 Å². The lowest BCUT2D eigenvalue weighted by Gasteiger charge is -2.04. The van der Waals surface area contributed by atoms with Gasteiger partial charge in [-0.05, 0) is 26.3 Å². The minimum absolute atomic E-state index is 0.757. The lowest BCUT2D eigenvalue weighted by atomic mass is 10.1. The Morgan fingerprint density at radius 2 is 2.19 bits per heavy atom. The maximum Gasteiger partial charge on any atom is 0.130 e. The van der Waals surface area contributed by atoms with Crippen LogP contribution in [0.5, 0.6) is 0 Å². The van der Waals surface area contributed by atoms with Gasteiger partial charge in [0.05, 0.1) is 12.3 Å². The number of ether oxygens (including phenoxy) is 1. The van der Waals surface area contributed by atoms with Crippen LogP contribution in [0.4, 0.5) is 0 Å². The molecular formula is C11H20ClN3O. The molecule has 1 N–H and O–H groups in total. The fraction of sp³-hybridized carbons (Fsp3) is 0.727. The molecule has 0 saturated carbocycles. The van der Waals surface area contributed by atoms with Crippen molar-refractivity contribution in [2.24, 2.45) is 7.05 Å². The average molecular weight is 246 g/mol. The van der Waals surface area contributed by atoms with E-state index < -0.39 is 0 Å². The molecule has 0 bridgehead atoms. The smallest absolute Gasteiger partial charge is 0.130 e. The largest absolute Gasteiger partial charge is 0.383 e. The van der Waals surface area contributed by atoms with E-state index in [1.54, 1.807) is 11.8 Å². The number of hydrogen-bond acceptors (Lipinski definition) is 3. The van der Waals surface area contributed by atoms with E-state index in [9.17, 15) is 0 Å². The van der Waals surface area contributed by atoms with E-state index in [4.69, 9.17) is 16.3 Å². The highest BCUT2D eigenvalue weighted by atomic mass is 35.5. The summed E-state index contributed by atoms with van der Waals surface area (Å²) in [7, 11) is 3.58. The first kappa shape index (κ1) is 13.5. The number of nitrogens with zero attached hydrogens (tertiary/aromatic N) is 2. The Morgan fingerprint density at radius 3 is 2.75 bits per heavy atom. The van der Waals surface area contributed by atoms with Crippen LogP contribution in [0.1, 0.15) is 17.7 Å². The normalized spacial score (nSPS) is 11.0. The maximum absolute atomic E-state index is 6.14. The molecule has 92 valence electrons. The standard InChI is InChI=1S/C11H20ClN3O/c1-9-10(11(12)15(2)14-9)5-4-6-13-7-8-16-3/h13H,4-8H2,1-3H3. The number of hydrogen-bond donors (Lipinski definition) is 1. The van der Waals surface area contributed by atoms with Crippen LogP contribution >= 0.6 is 11.6 Å². The van der Waals surface area contributed by atoms with Gasteiger partial charge >= 0.3 is 0 Å². The zero-order valence-corrected chi connectivity index (χ0v) is 11.0. The van der Waals surface area contributed by atoms with E-state index in [-0.39, 0.29) is 0 Å². The van der Waals surface area contributed by atoms with Gasteiger partial charge in [0, 0.05) is 26.3 Å². The molecule has 0 amide bonds. The Labute approximate surface area is 102 Å². The van der Waals surface area contributed by atoms with Crippen LogP contribution in [0.15, 0.2) is 0 Å². The molecule has 0 unspecified atom stereocenters. The van der Waals surface area contributed by atoms with Gasteiger partial charge in [-0.15, -0.1) is 0 Å². The molecule has 0 atom stereocenters. The number of nitrogens with one attached hydrogen (secondary N) is 1. The summed E-state index contributed by atoms with van der Waals surface area (Å²) in [4.78, 5) is 0.